The molecule has 0 spiro atoms. The fourth-order valence-electron chi connectivity index (χ4n) is 2.36. The highest BCUT2D eigenvalue weighted by atomic mass is 16.5. The van der Waals surface area contributed by atoms with Gasteiger partial charge in [0.25, 0.3) is 5.91 Å². The van der Waals surface area contributed by atoms with E-state index in [9.17, 15) is 4.79 Å². The highest BCUT2D eigenvalue weighted by Crippen LogP contribution is 2.19. The van der Waals surface area contributed by atoms with Gasteiger partial charge in [-0.05, 0) is 56.9 Å². The second-order valence-corrected chi connectivity index (χ2v) is 5.53. The summed E-state index contributed by atoms with van der Waals surface area (Å²) >= 11 is 0. The van der Waals surface area contributed by atoms with Crippen molar-refractivity contribution < 1.29 is 9.53 Å². The van der Waals surface area contributed by atoms with E-state index in [-0.39, 0.29) is 5.91 Å². The Labute approximate surface area is 137 Å². The van der Waals surface area contributed by atoms with Gasteiger partial charge in [-0.15, -0.1) is 0 Å². The summed E-state index contributed by atoms with van der Waals surface area (Å²) in [7, 11) is 0. The number of nitrogens with zero attached hydrogens (tertiary/aromatic N) is 1. The molecule has 2 rings (SSSR count). The molecule has 0 radical (unpaired) electrons. The summed E-state index contributed by atoms with van der Waals surface area (Å²) in [5, 5.41) is 2.95. The SMILES string of the molecule is CCOc1ccccc1CCCNC(=O)c1cnc(C)c(C)c1. The van der Waals surface area contributed by atoms with E-state index in [1.807, 2.05) is 45.0 Å². The molecule has 23 heavy (non-hydrogen) atoms. The van der Waals surface area contributed by atoms with E-state index in [1.54, 1.807) is 6.20 Å². The third-order valence-electron chi connectivity index (χ3n) is 3.78. The van der Waals surface area contributed by atoms with Crippen molar-refractivity contribution in [2.75, 3.05) is 13.2 Å². The first kappa shape index (κ1) is 17.0. The lowest BCUT2D eigenvalue weighted by atomic mass is 10.1. The number of hydrogen-bond acceptors (Lipinski definition) is 3. The smallest absolute Gasteiger partial charge is 0.252 e. The molecule has 0 atom stereocenters. The quantitative estimate of drug-likeness (QED) is 0.797. The topological polar surface area (TPSA) is 51.2 Å². The fraction of sp³-hybridized carbons (Fsp3) is 0.368. The zero-order chi connectivity index (χ0) is 16.7. The molecule has 0 aliphatic rings. The number of carbonyl (C=O) groups excluding carboxylic acids is 1. The van der Waals surface area contributed by atoms with Crippen molar-refractivity contribution in [2.24, 2.45) is 0 Å². The minimum atomic E-state index is -0.0707. The molecule has 2 aromatic rings. The average molecular weight is 312 g/mol. The van der Waals surface area contributed by atoms with Crippen molar-refractivity contribution in [1.29, 1.82) is 0 Å². The Morgan fingerprint density at radius 1 is 1.26 bits per heavy atom. The number of ether oxygens (including phenoxy) is 1. The van der Waals surface area contributed by atoms with Gasteiger partial charge in [0.1, 0.15) is 5.75 Å². The summed E-state index contributed by atoms with van der Waals surface area (Å²) in [4.78, 5) is 16.3. The van der Waals surface area contributed by atoms with Gasteiger partial charge >= 0.3 is 0 Å². The third kappa shape index (κ3) is 4.81. The maximum Gasteiger partial charge on any atom is 0.252 e. The Morgan fingerprint density at radius 2 is 2.04 bits per heavy atom. The Kier molecular flexibility index (Phi) is 6.15. The van der Waals surface area contributed by atoms with Gasteiger partial charge in [-0.1, -0.05) is 18.2 Å². The molecule has 1 aromatic carbocycles. The van der Waals surface area contributed by atoms with Crippen molar-refractivity contribution >= 4 is 5.91 Å². The van der Waals surface area contributed by atoms with Crippen molar-refractivity contribution in [1.82, 2.24) is 10.3 Å². The van der Waals surface area contributed by atoms with Crippen LogP contribution >= 0.6 is 0 Å². The van der Waals surface area contributed by atoms with Crippen LogP contribution in [0, 0.1) is 13.8 Å². The maximum absolute atomic E-state index is 12.1. The normalized spacial score (nSPS) is 10.4. The highest BCUT2D eigenvalue weighted by Gasteiger charge is 2.07. The number of para-hydroxylation sites is 1. The molecule has 1 amide bonds. The number of rotatable bonds is 7. The summed E-state index contributed by atoms with van der Waals surface area (Å²) in [6, 6.07) is 9.92. The van der Waals surface area contributed by atoms with Crippen LogP contribution in [0.2, 0.25) is 0 Å². The molecular formula is C19H24N2O2. The molecule has 1 aromatic heterocycles. The van der Waals surface area contributed by atoms with E-state index < -0.39 is 0 Å². The monoisotopic (exact) mass is 312 g/mol. The van der Waals surface area contributed by atoms with E-state index in [1.165, 1.54) is 5.56 Å². The summed E-state index contributed by atoms with van der Waals surface area (Å²) in [6.07, 6.45) is 3.37. The van der Waals surface area contributed by atoms with E-state index in [2.05, 4.69) is 16.4 Å². The van der Waals surface area contributed by atoms with Gasteiger partial charge in [0.2, 0.25) is 0 Å². The molecule has 122 valence electrons. The van der Waals surface area contributed by atoms with Crippen LogP contribution in [-0.4, -0.2) is 24.0 Å². The molecule has 0 saturated heterocycles. The number of aryl methyl sites for hydroxylation is 3. The Balaban J connectivity index is 1.83. The van der Waals surface area contributed by atoms with Crippen molar-refractivity contribution in [2.45, 2.75) is 33.6 Å². The standard InChI is InChI=1S/C19H24N2O2/c1-4-23-18-10-6-5-8-16(18)9-7-11-20-19(22)17-12-14(2)15(3)21-13-17/h5-6,8,10,12-13H,4,7,9,11H2,1-3H3,(H,20,22). The molecule has 1 heterocycles. The second-order valence-electron chi connectivity index (χ2n) is 5.53. The predicted octanol–water partition coefficient (Wildman–Crippen LogP) is 3.46. The minimum Gasteiger partial charge on any atom is -0.494 e. The van der Waals surface area contributed by atoms with Crippen LogP contribution in [0.25, 0.3) is 0 Å². The average Bonchev–Trinajstić information content (AvgIpc) is 2.55. The molecule has 4 nitrogen and oxygen atoms in total. The number of amides is 1. The minimum absolute atomic E-state index is 0.0707. The predicted molar refractivity (Wildman–Crippen MR) is 92.0 cm³/mol. The molecule has 0 unspecified atom stereocenters. The van der Waals surface area contributed by atoms with Gasteiger partial charge < -0.3 is 10.1 Å². The first-order valence-electron chi connectivity index (χ1n) is 8.04. The van der Waals surface area contributed by atoms with Gasteiger partial charge in [0.15, 0.2) is 0 Å². The molecule has 0 aliphatic carbocycles. The van der Waals surface area contributed by atoms with Gasteiger partial charge in [0.05, 0.1) is 12.2 Å². The lowest BCUT2D eigenvalue weighted by Crippen LogP contribution is -2.25. The first-order chi connectivity index (χ1) is 11.1. The second kappa shape index (κ2) is 8.32. The molecule has 0 fully saturated rings. The molecule has 1 N–H and O–H groups in total. The lowest BCUT2D eigenvalue weighted by molar-refractivity contribution is 0.0952. The van der Waals surface area contributed by atoms with Crippen LogP contribution in [0.5, 0.6) is 5.75 Å². The highest BCUT2D eigenvalue weighted by molar-refractivity contribution is 5.94. The van der Waals surface area contributed by atoms with Crippen molar-refractivity contribution in [3.05, 3.63) is 58.9 Å². The Morgan fingerprint density at radius 3 is 2.78 bits per heavy atom. The van der Waals surface area contributed by atoms with Crippen molar-refractivity contribution in [3.8, 4) is 5.75 Å². The molecular weight excluding hydrogens is 288 g/mol. The van der Waals surface area contributed by atoms with Gasteiger partial charge in [-0.3, -0.25) is 9.78 Å². The zero-order valence-corrected chi connectivity index (χ0v) is 14.1. The number of benzene rings is 1. The molecule has 0 saturated carbocycles. The number of pyridine rings is 1. The largest absolute Gasteiger partial charge is 0.494 e. The van der Waals surface area contributed by atoms with Crippen LogP contribution < -0.4 is 10.1 Å². The Bertz CT molecular complexity index is 668. The molecule has 4 heteroatoms. The van der Waals surface area contributed by atoms with Gasteiger partial charge in [-0.2, -0.15) is 0 Å². The fourth-order valence-corrected chi connectivity index (χ4v) is 2.36. The van der Waals surface area contributed by atoms with E-state index >= 15 is 0 Å². The van der Waals surface area contributed by atoms with Gasteiger partial charge in [-0.25, -0.2) is 0 Å². The number of nitrogens with one attached hydrogen (secondary N) is 1. The number of hydrogen-bond donors (Lipinski definition) is 1. The maximum atomic E-state index is 12.1. The summed E-state index contributed by atoms with van der Waals surface area (Å²) in [6.45, 7) is 7.17. The van der Waals surface area contributed by atoms with Crippen LogP contribution in [0.1, 0.15) is 40.5 Å². The summed E-state index contributed by atoms with van der Waals surface area (Å²) < 4.78 is 5.61. The molecule has 0 aliphatic heterocycles. The van der Waals surface area contributed by atoms with E-state index in [0.717, 1.165) is 29.8 Å². The number of aromatic nitrogens is 1. The van der Waals surface area contributed by atoms with E-state index in [4.69, 9.17) is 4.74 Å². The van der Waals surface area contributed by atoms with Gasteiger partial charge in [0, 0.05) is 18.4 Å². The summed E-state index contributed by atoms with van der Waals surface area (Å²) in [5.74, 6) is 0.860. The Hall–Kier alpha value is -2.36. The van der Waals surface area contributed by atoms with Crippen LogP contribution in [0.4, 0.5) is 0 Å². The first-order valence-corrected chi connectivity index (χ1v) is 8.04. The number of carbonyl (C=O) groups is 1. The molecule has 0 bridgehead atoms. The lowest BCUT2D eigenvalue weighted by Gasteiger charge is -2.10. The van der Waals surface area contributed by atoms with E-state index in [0.29, 0.717) is 18.7 Å². The third-order valence-corrected chi connectivity index (χ3v) is 3.78. The van der Waals surface area contributed by atoms with Crippen LogP contribution in [0.3, 0.4) is 0 Å². The van der Waals surface area contributed by atoms with Crippen LogP contribution in [0.15, 0.2) is 36.5 Å². The summed E-state index contributed by atoms with van der Waals surface area (Å²) in [5.41, 5.74) is 3.77. The van der Waals surface area contributed by atoms with Crippen LogP contribution in [-0.2, 0) is 6.42 Å². The zero-order valence-electron chi connectivity index (χ0n) is 14.1. The van der Waals surface area contributed by atoms with Crippen molar-refractivity contribution in [3.63, 3.8) is 0 Å².